The van der Waals surface area contributed by atoms with E-state index in [1.54, 1.807) is 35.4 Å². The quantitative estimate of drug-likeness (QED) is 0.838. The minimum absolute atomic E-state index is 0.266. The molecule has 1 aromatic carbocycles. The van der Waals surface area contributed by atoms with Crippen molar-refractivity contribution in [3.63, 3.8) is 0 Å². The monoisotopic (exact) mass is 346 g/mol. The maximum absolute atomic E-state index is 13.1. The number of nitrogens with one attached hydrogen (secondary N) is 1. The summed E-state index contributed by atoms with van der Waals surface area (Å²) >= 11 is 0. The molecule has 1 N–H and O–H groups in total. The highest BCUT2D eigenvalue weighted by atomic mass is 19.1. The second-order valence-corrected chi connectivity index (χ2v) is 5.84. The lowest BCUT2D eigenvalue weighted by Crippen LogP contribution is -2.39. The lowest BCUT2D eigenvalue weighted by atomic mass is 10.2. The van der Waals surface area contributed by atoms with Crippen LogP contribution in [0.5, 0.6) is 5.88 Å². The van der Waals surface area contributed by atoms with E-state index in [4.69, 9.17) is 4.74 Å². The molecule has 0 fully saturated rings. The standard InChI is InChI=1S/C18H23FN4O2/c1-22(2)11-12-23(13-14-6-8-15(19)9-7-14)18(24)21-16-5-4-10-20-17(16)25-3/h4-10H,11-13H2,1-3H3,(H,21,24). The van der Waals surface area contributed by atoms with E-state index in [1.807, 2.05) is 19.0 Å². The van der Waals surface area contributed by atoms with Crippen molar-refractivity contribution in [2.75, 3.05) is 39.6 Å². The van der Waals surface area contributed by atoms with Crippen LogP contribution < -0.4 is 10.1 Å². The van der Waals surface area contributed by atoms with Gasteiger partial charge in [-0.25, -0.2) is 14.2 Å². The Morgan fingerprint density at radius 2 is 1.92 bits per heavy atom. The molecule has 2 amide bonds. The van der Waals surface area contributed by atoms with Gasteiger partial charge in [0.15, 0.2) is 0 Å². The molecule has 134 valence electrons. The normalized spacial score (nSPS) is 10.6. The Labute approximate surface area is 147 Å². The number of nitrogens with zero attached hydrogens (tertiary/aromatic N) is 3. The van der Waals surface area contributed by atoms with E-state index in [-0.39, 0.29) is 11.8 Å². The Morgan fingerprint density at radius 1 is 1.20 bits per heavy atom. The minimum atomic E-state index is -0.298. The van der Waals surface area contributed by atoms with Crippen molar-refractivity contribution in [3.05, 3.63) is 54.0 Å². The predicted molar refractivity (Wildman–Crippen MR) is 95.2 cm³/mol. The number of benzene rings is 1. The molecule has 0 radical (unpaired) electrons. The zero-order valence-corrected chi connectivity index (χ0v) is 14.7. The number of carbonyl (C=O) groups excluding carboxylic acids is 1. The van der Waals surface area contributed by atoms with Crippen LogP contribution >= 0.6 is 0 Å². The lowest BCUT2D eigenvalue weighted by molar-refractivity contribution is 0.202. The smallest absolute Gasteiger partial charge is 0.322 e. The molecular formula is C18H23FN4O2. The second-order valence-electron chi connectivity index (χ2n) is 5.84. The Morgan fingerprint density at radius 3 is 2.56 bits per heavy atom. The molecule has 0 aliphatic carbocycles. The number of halogens is 1. The molecule has 0 saturated carbocycles. The highest BCUT2D eigenvalue weighted by Gasteiger charge is 2.16. The number of rotatable bonds is 7. The Bertz CT molecular complexity index is 692. The lowest BCUT2D eigenvalue weighted by Gasteiger charge is -2.25. The number of urea groups is 1. The molecule has 0 aliphatic rings. The number of methoxy groups -OCH3 is 1. The van der Waals surface area contributed by atoms with Crippen molar-refractivity contribution in [3.8, 4) is 5.88 Å². The Balaban J connectivity index is 2.12. The van der Waals surface area contributed by atoms with E-state index in [0.717, 1.165) is 5.56 Å². The van der Waals surface area contributed by atoms with Gasteiger partial charge in [0, 0.05) is 25.8 Å². The summed E-state index contributed by atoms with van der Waals surface area (Å²) in [4.78, 5) is 20.4. The number of likely N-dealkylation sites (N-methyl/N-ethyl adjacent to an activating group) is 1. The fourth-order valence-electron chi connectivity index (χ4n) is 2.23. The van der Waals surface area contributed by atoms with Crippen LogP contribution in [0.2, 0.25) is 0 Å². The molecule has 2 rings (SSSR count). The predicted octanol–water partition coefficient (Wildman–Crippen LogP) is 2.83. The van der Waals surface area contributed by atoms with Gasteiger partial charge in [-0.1, -0.05) is 12.1 Å². The van der Waals surface area contributed by atoms with Crippen molar-refractivity contribution in [2.45, 2.75) is 6.54 Å². The van der Waals surface area contributed by atoms with Crippen LogP contribution in [0.4, 0.5) is 14.9 Å². The summed E-state index contributed by atoms with van der Waals surface area (Å²) in [5.41, 5.74) is 1.36. The molecule has 0 saturated heterocycles. The fourth-order valence-corrected chi connectivity index (χ4v) is 2.23. The topological polar surface area (TPSA) is 57.7 Å². The molecule has 0 atom stereocenters. The van der Waals surface area contributed by atoms with Gasteiger partial charge in [0.25, 0.3) is 0 Å². The van der Waals surface area contributed by atoms with Crippen LogP contribution in [0.3, 0.4) is 0 Å². The third-order valence-corrected chi connectivity index (χ3v) is 3.60. The van der Waals surface area contributed by atoms with Crippen LogP contribution in [-0.2, 0) is 6.54 Å². The van der Waals surface area contributed by atoms with Gasteiger partial charge in [0.05, 0.1) is 7.11 Å². The van der Waals surface area contributed by atoms with E-state index in [1.165, 1.54) is 19.2 Å². The molecule has 7 heteroatoms. The largest absolute Gasteiger partial charge is 0.480 e. The molecule has 6 nitrogen and oxygen atoms in total. The summed E-state index contributed by atoms with van der Waals surface area (Å²) in [5, 5.41) is 2.82. The molecule has 2 aromatic rings. The number of hydrogen-bond acceptors (Lipinski definition) is 4. The first kappa shape index (κ1) is 18.7. The second kappa shape index (κ2) is 8.98. The van der Waals surface area contributed by atoms with Gasteiger partial charge < -0.3 is 19.9 Å². The Kier molecular flexibility index (Phi) is 6.71. The van der Waals surface area contributed by atoms with E-state index in [2.05, 4.69) is 10.3 Å². The zero-order valence-electron chi connectivity index (χ0n) is 14.7. The van der Waals surface area contributed by atoms with Gasteiger partial charge >= 0.3 is 6.03 Å². The summed E-state index contributed by atoms with van der Waals surface area (Å²) in [6.07, 6.45) is 1.59. The van der Waals surface area contributed by atoms with E-state index >= 15 is 0 Å². The SMILES string of the molecule is COc1ncccc1NC(=O)N(CCN(C)C)Cc1ccc(F)cc1. The van der Waals surface area contributed by atoms with E-state index in [9.17, 15) is 9.18 Å². The highest BCUT2D eigenvalue weighted by Crippen LogP contribution is 2.20. The van der Waals surface area contributed by atoms with Crippen LogP contribution in [-0.4, -0.2) is 55.1 Å². The number of hydrogen-bond donors (Lipinski definition) is 1. The number of amides is 2. The first-order valence-electron chi connectivity index (χ1n) is 7.93. The summed E-state index contributed by atoms with van der Waals surface area (Å²) in [7, 11) is 5.39. The maximum Gasteiger partial charge on any atom is 0.322 e. The van der Waals surface area contributed by atoms with Crippen LogP contribution in [0.1, 0.15) is 5.56 Å². The van der Waals surface area contributed by atoms with E-state index < -0.39 is 0 Å². The maximum atomic E-state index is 13.1. The molecule has 1 aromatic heterocycles. The average Bonchev–Trinajstić information content (AvgIpc) is 2.60. The van der Waals surface area contributed by atoms with Crippen molar-refractivity contribution >= 4 is 11.7 Å². The molecule has 0 unspecified atom stereocenters. The first-order chi connectivity index (χ1) is 12.0. The number of aromatic nitrogens is 1. The molecular weight excluding hydrogens is 323 g/mol. The van der Waals surface area contributed by atoms with Crippen LogP contribution in [0, 0.1) is 5.82 Å². The summed E-state index contributed by atoms with van der Waals surface area (Å²) < 4.78 is 18.2. The average molecular weight is 346 g/mol. The number of ether oxygens (including phenoxy) is 1. The number of carbonyl (C=O) groups is 1. The molecule has 0 spiro atoms. The first-order valence-corrected chi connectivity index (χ1v) is 7.93. The summed E-state index contributed by atoms with van der Waals surface area (Å²) in [6, 6.07) is 9.32. The van der Waals surface area contributed by atoms with Crippen molar-refractivity contribution in [1.82, 2.24) is 14.8 Å². The molecule has 0 aliphatic heterocycles. The van der Waals surface area contributed by atoms with Gasteiger partial charge in [-0.15, -0.1) is 0 Å². The van der Waals surface area contributed by atoms with Crippen LogP contribution in [0.25, 0.3) is 0 Å². The van der Waals surface area contributed by atoms with Crippen molar-refractivity contribution < 1.29 is 13.9 Å². The molecule has 1 heterocycles. The van der Waals surface area contributed by atoms with Gasteiger partial charge in [-0.05, 0) is 43.9 Å². The number of anilines is 1. The molecule has 0 bridgehead atoms. The van der Waals surface area contributed by atoms with Gasteiger partial charge in [-0.2, -0.15) is 0 Å². The zero-order chi connectivity index (χ0) is 18.2. The fraction of sp³-hybridized carbons (Fsp3) is 0.333. The third-order valence-electron chi connectivity index (χ3n) is 3.60. The third kappa shape index (κ3) is 5.72. The highest BCUT2D eigenvalue weighted by molar-refractivity contribution is 5.90. The van der Waals surface area contributed by atoms with E-state index in [0.29, 0.717) is 31.2 Å². The number of pyridine rings is 1. The van der Waals surface area contributed by atoms with Gasteiger partial charge in [-0.3, -0.25) is 0 Å². The van der Waals surface area contributed by atoms with Crippen molar-refractivity contribution in [2.24, 2.45) is 0 Å². The van der Waals surface area contributed by atoms with Gasteiger partial charge in [0.2, 0.25) is 5.88 Å². The van der Waals surface area contributed by atoms with Crippen molar-refractivity contribution in [1.29, 1.82) is 0 Å². The Hall–Kier alpha value is -2.67. The van der Waals surface area contributed by atoms with Crippen LogP contribution in [0.15, 0.2) is 42.6 Å². The van der Waals surface area contributed by atoms with Gasteiger partial charge in [0.1, 0.15) is 11.5 Å². The summed E-state index contributed by atoms with van der Waals surface area (Å²) in [6.45, 7) is 1.61. The summed E-state index contributed by atoms with van der Waals surface area (Å²) in [5.74, 6) is 0.0540. The minimum Gasteiger partial charge on any atom is -0.480 e. The molecule has 25 heavy (non-hydrogen) atoms.